The van der Waals surface area contributed by atoms with E-state index < -0.39 is 20.0 Å². The van der Waals surface area contributed by atoms with Crippen LogP contribution in [0.3, 0.4) is 0 Å². The Hall–Kier alpha value is 0.800. The molecule has 0 saturated carbocycles. The molecule has 0 bridgehead atoms. The molecule has 0 atom stereocenters. The number of halogens is 2. The molecule has 0 unspecified atom stereocenters. The van der Waals surface area contributed by atoms with Gasteiger partial charge in [-0.05, 0) is 61.7 Å². The van der Waals surface area contributed by atoms with Gasteiger partial charge in [0, 0.05) is 0 Å². The van der Waals surface area contributed by atoms with Crippen molar-refractivity contribution in [2.24, 2.45) is 0 Å². The van der Waals surface area contributed by atoms with Crippen molar-refractivity contribution >= 4 is 43.6 Å². The summed E-state index contributed by atoms with van der Waals surface area (Å²) in [5.74, 6) is 0. The first-order chi connectivity index (χ1) is 11.1. The topological polar surface area (TPSA) is 124 Å². The number of aryl methyl sites for hydroxylation is 2. The van der Waals surface area contributed by atoms with Crippen molar-refractivity contribution in [3.63, 3.8) is 0 Å². The normalized spacial score (nSPS) is 10.2. The van der Waals surface area contributed by atoms with Crippen LogP contribution in [-0.4, -0.2) is 22.3 Å². The van der Waals surface area contributed by atoms with Gasteiger partial charge in [-0.2, -0.15) is 0 Å². The number of hydrogen-bond donors (Lipinski definition) is 2. The maximum Gasteiger partial charge on any atom is 1.00 e. The van der Waals surface area contributed by atoms with Crippen LogP contribution in [0.1, 0.15) is 14.0 Å². The van der Waals surface area contributed by atoms with E-state index in [0.717, 1.165) is 11.1 Å². The van der Waals surface area contributed by atoms with Gasteiger partial charge in [-0.3, -0.25) is 0 Å². The van der Waals surface area contributed by atoms with E-state index in [0.29, 0.717) is 0 Å². The minimum absolute atomic E-state index is 0. The molecular formula is C14H20Cl2N2Na2O5S2. The molecule has 0 aliphatic heterocycles. The van der Waals surface area contributed by atoms with Crippen molar-refractivity contribution in [2.75, 3.05) is 0 Å². The molecule has 0 aliphatic rings. The van der Waals surface area contributed by atoms with Crippen LogP contribution in [0.2, 0.25) is 0 Å². The van der Waals surface area contributed by atoms with Crippen LogP contribution in [0, 0.1) is 13.8 Å². The van der Waals surface area contributed by atoms with Crippen molar-refractivity contribution < 1.29 is 84.3 Å². The Kier molecular flexibility index (Phi) is 17.7. The van der Waals surface area contributed by atoms with E-state index in [-0.39, 0.29) is 77.2 Å². The summed E-state index contributed by atoms with van der Waals surface area (Å²) in [6.07, 6.45) is 0. The van der Waals surface area contributed by atoms with Crippen LogP contribution < -0.4 is 67.6 Å². The van der Waals surface area contributed by atoms with E-state index in [4.69, 9.17) is 23.6 Å². The van der Waals surface area contributed by atoms with Crippen LogP contribution in [0.4, 0.5) is 0 Å². The van der Waals surface area contributed by atoms with Crippen LogP contribution in [0.15, 0.2) is 58.3 Å². The smallest absolute Gasteiger partial charge is 1.00 e. The summed E-state index contributed by atoms with van der Waals surface area (Å²) in [6.45, 7) is 3.76. The Morgan fingerprint density at radius 1 is 0.667 bits per heavy atom. The van der Waals surface area contributed by atoms with Gasteiger partial charge < -0.3 is 8.33 Å². The van der Waals surface area contributed by atoms with Crippen LogP contribution in [0.5, 0.6) is 0 Å². The first kappa shape index (κ1) is 32.5. The number of hydrogen-bond acceptors (Lipinski definition) is 4. The molecule has 0 heterocycles. The Morgan fingerprint density at radius 2 is 0.889 bits per heavy atom. The predicted octanol–water partition coefficient (Wildman–Crippen LogP) is -3.74. The van der Waals surface area contributed by atoms with Crippen molar-refractivity contribution in [1.82, 2.24) is 8.48 Å². The minimum atomic E-state index is -3.50. The zero-order chi connectivity index (χ0) is 18.4. The average molecular weight is 477 g/mol. The van der Waals surface area contributed by atoms with Gasteiger partial charge in [0.05, 0.1) is 9.79 Å². The van der Waals surface area contributed by atoms with Gasteiger partial charge in [-0.15, -0.1) is 8.48 Å². The molecule has 0 saturated heterocycles. The van der Waals surface area contributed by atoms with Gasteiger partial charge in [0.25, 0.3) is 20.0 Å². The number of rotatable bonds is 4. The number of benzene rings is 2. The summed E-state index contributed by atoms with van der Waals surface area (Å²) in [7, 11) is -7.00. The zero-order valence-electron chi connectivity index (χ0n) is 17.3. The molecule has 0 spiro atoms. The third-order valence-electron chi connectivity index (χ3n) is 2.87. The molecule has 2 rings (SSSR count). The maximum atomic E-state index is 11.1. The maximum absolute atomic E-state index is 11.1. The Labute approximate surface area is 217 Å². The van der Waals surface area contributed by atoms with Gasteiger partial charge in [-0.25, -0.2) is 16.8 Å². The summed E-state index contributed by atoms with van der Waals surface area (Å²) in [5, 5.41) is 0. The summed E-state index contributed by atoms with van der Waals surface area (Å²) in [6, 6.07) is 12.8. The van der Waals surface area contributed by atoms with Crippen molar-refractivity contribution in [3.05, 3.63) is 59.7 Å². The molecule has 0 aliphatic carbocycles. The average Bonchev–Trinajstić information content (AvgIpc) is 2.56. The predicted molar refractivity (Wildman–Crippen MR) is 101 cm³/mol. The molecule has 0 radical (unpaired) electrons. The molecule has 7 nitrogen and oxygen atoms in total. The molecule has 27 heavy (non-hydrogen) atoms. The molecular weight excluding hydrogens is 457 g/mol. The fourth-order valence-corrected chi connectivity index (χ4v) is 3.23. The van der Waals surface area contributed by atoms with E-state index in [2.05, 4.69) is 0 Å². The quantitative estimate of drug-likeness (QED) is 0.347. The molecule has 144 valence electrons. The second-order valence-electron chi connectivity index (χ2n) is 4.79. The first-order valence-corrected chi connectivity index (χ1v) is 10.2. The van der Waals surface area contributed by atoms with E-state index in [1.807, 2.05) is 13.8 Å². The van der Waals surface area contributed by atoms with Crippen molar-refractivity contribution in [3.8, 4) is 0 Å². The summed E-state index contributed by atoms with van der Waals surface area (Å²) < 4.78 is 47.7. The Balaban J connectivity index is -0.000000113. The summed E-state index contributed by atoms with van der Waals surface area (Å²) >= 11 is 10.1. The van der Waals surface area contributed by atoms with E-state index in [1.165, 1.54) is 24.3 Å². The third kappa shape index (κ3) is 10.9. The van der Waals surface area contributed by atoms with Gasteiger partial charge >= 0.3 is 59.1 Å². The zero-order valence-corrected chi connectivity index (χ0v) is 22.5. The first-order valence-electron chi connectivity index (χ1n) is 6.50. The van der Waals surface area contributed by atoms with Crippen molar-refractivity contribution in [1.29, 1.82) is 0 Å². The van der Waals surface area contributed by atoms with E-state index in [1.54, 1.807) is 32.7 Å². The van der Waals surface area contributed by atoms with Crippen LogP contribution in [0.25, 0.3) is 0 Å². The van der Waals surface area contributed by atoms with E-state index in [9.17, 15) is 16.8 Å². The SMILES string of the molecule is Cc1ccc(S(=O)(=O)NCl)cc1.Cc1ccc(S(=O)(=O)NCl)cc1.O.[H-].[H-].[Na+].[Na+]. The monoisotopic (exact) mass is 476 g/mol. The number of nitrogens with one attached hydrogen (secondary N) is 2. The van der Waals surface area contributed by atoms with Gasteiger partial charge in [-0.1, -0.05) is 35.4 Å². The largest absolute Gasteiger partial charge is 1.00 e. The van der Waals surface area contributed by atoms with Gasteiger partial charge in [0.2, 0.25) is 0 Å². The Bertz CT molecular complexity index is 814. The second kappa shape index (κ2) is 14.7. The summed E-state index contributed by atoms with van der Waals surface area (Å²) in [5.41, 5.74) is 2.01. The van der Waals surface area contributed by atoms with Crippen molar-refractivity contribution in [2.45, 2.75) is 23.6 Å². The molecule has 13 heteroatoms. The molecule has 0 aromatic heterocycles. The Morgan fingerprint density at radius 3 is 1.07 bits per heavy atom. The van der Waals surface area contributed by atoms with Gasteiger partial charge in [0.1, 0.15) is 0 Å². The van der Waals surface area contributed by atoms with Crippen LogP contribution in [-0.2, 0) is 20.0 Å². The van der Waals surface area contributed by atoms with Crippen LogP contribution >= 0.6 is 23.6 Å². The second-order valence-corrected chi connectivity index (χ2v) is 8.98. The fourth-order valence-electron chi connectivity index (χ4n) is 1.52. The molecule has 2 aromatic rings. The molecule has 0 fully saturated rings. The molecule has 4 N–H and O–H groups in total. The number of sulfonamides is 2. The fraction of sp³-hybridized carbons (Fsp3) is 0.143. The molecule has 0 amide bonds. The summed E-state index contributed by atoms with van der Waals surface area (Å²) in [4.78, 5) is 0.339. The van der Waals surface area contributed by atoms with Gasteiger partial charge in [0.15, 0.2) is 0 Å². The minimum Gasteiger partial charge on any atom is -1.00 e. The molecule has 2 aromatic carbocycles. The van der Waals surface area contributed by atoms with E-state index >= 15 is 0 Å². The standard InChI is InChI=1S/2C7H8ClNO2S.2Na.H2O.2H/c2*1-6-2-4-7(5-3-6)12(10,11)9-8;;;;;/h2*2-5,9H,1H3;;;1H2;;/q;;2*+1;;2*-1. The third-order valence-corrected chi connectivity index (χ3v) is 6.28.